The van der Waals surface area contributed by atoms with Crippen LogP contribution < -0.4 is 0 Å². The summed E-state index contributed by atoms with van der Waals surface area (Å²) in [6, 6.07) is 6.18. The summed E-state index contributed by atoms with van der Waals surface area (Å²) in [5.74, 6) is 0.583. The van der Waals surface area contributed by atoms with Crippen molar-refractivity contribution in [2.24, 2.45) is 0 Å². The SMILES string of the molecule is O=C(Cl)CCSc1ccc([N+](=O)[O-])cc1. The topological polar surface area (TPSA) is 60.2 Å². The molecule has 1 aromatic carbocycles. The maximum Gasteiger partial charge on any atom is 0.269 e. The summed E-state index contributed by atoms with van der Waals surface area (Å²) < 4.78 is 0. The van der Waals surface area contributed by atoms with Gasteiger partial charge in [0.15, 0.2) is 0 Å². The monoisotopic (exact) mass is 245 g/mol. The Morgan fingerprint density at radius 3 is 2.47 bits per heavy atom. The van der Waals surface area contributed by atoms with E-state index in [2.05, 4.69) is 0 Å². The molecule has 1 rings (SSSR count). The van der Waals surface area contributed by atoms with Crippen LogP contribution in [-0.2, 0) is 4.79 Å². The molecule has 15 heavy (non-hydrogen) atoms. The van der Waals surface area contributed by atoms with E-state index in [-0.39, 0.29) is 10.9 Å². The molecule has 0 unspecified atom stereocenters. The molecule has 4 nitrogen and oxygen atoms in total. The number of carbonyl (C=O) groups excluding carboxylic acids is 1. The van der Waals surface area contributed by atoms with Gasteiger partial charge in [0, 0.05) is 29.2 Å². The molecule has 0 aliphatic heterocycles. The molecular formula is C9H8ClNO3S. The minimum atomic E-state index is -0.448. The summed E-state index contributed by atoms with van der Waals surface area (Å²) in [6.45, 7) is 0. The Kier molecular flexibility index (Phi) is 4.58. The number of halogens is 1. The third-order valence-electron chi connectivity index (χ3n) is 1.61. The van der Waals surface area contributed by atoms with Gasteiger partial charge in [-0.2, -0.15) is 0 Å². The largest absolute Gasteiger partial charge is 0.281 e. The second kappa shape index (κ2) is 5.72. The Bertz CT molecular complexity index is 366. The van der Waals surface area contributed by atoms with Crippen LogP contribution in [0.1, 0.15) is 6.42 Å². The van der Waals surface area contributed by atoms with E-state index < -0.39 is 4.92 Å². The van der Waals surface area contributed by atoms with Crippen LogP contribution >= 0.6 is 23.4 Å². The minimum Gasteiger partial charge on any atom is -0.281 e. The summed E-state index contributed by atoms with van der Waals surface area (Å²) in [4.78, 5) is 21.2. The number of hydrogen-bond acceptors (Lipinski definition) is 4. The highest BCUT2D eigenvalue weighted by molar-refractivity contribution is 7.99. The lowest BCUT2D eigenvalue weighted by Crippen LogP contribution is -1.89. The first-order chi connectivity index (χ1) is 7.09. The van der Waals surface area contributed by atoms with E-state index in [4.69, 9.17) is 11.6 Å². The Labute approximate surface area is 95.8 Å². The Hall–Kier alpha value is -1.07. The first kappa shape index (κ1) is 12.0. The van der Waals surface area contributed by atoms with Gasteiger partial charge in [0.1, 0.15) is 0 Å². The zero-order valence-corrected chi connectivity index (χ0v) is 9.25. The zero-order valence-electron chi connectivity index (χ0n) is 7.68. The number of nitro benzene ring substituents is 1. The number of thioether (sulfide) groups is 1. The van der Waals surface area contributed by atoms with Crippen LogP contribution in [0.5, 0.6) is 0 Å². The molecule has 0 amide bonds. The van der Waals surface area contributed by atoms with E-state index in [1.54, 1.807) is 12.1 Å². The molecule has 0 aliphatic carbocycles. The van der Waals surface area contributed by atoms with Crippen molar-refractivity contribution in [3.8, 4) is 0 Å². The van der Waals surface area contributed by atoms with E-state index >= 15 is 0 Å². The van der Waals surface area contributed by atoms with Crippen LogP contribution in [0.25, 0.3) is 0 Å². The summed E-state index contributed by atoms with van der Waals surface area (Å²) in [5, 5.41) is 9.98. The van der Waals surface area contributed by atoms with E-state index in [9.17, 15) is 14.9 Å². The molecule has 0 N–H and O–H groups in total. The number of nitro groups is 1. The van der Waals surface area contributed by atoms with Gasteiger partial charge >= 0.3 is 0 Å². The van der Waals surface area contributed by atoms with Crippen molar-refractivity contribution in [1.29, 1.82) is 0 Å². The predicted molar refractivity (Wildman–Crippen MR) is 59.3 cm³/mol. The molecule has 0 atom stereocenters. The quantitative estimate of drug-likeness (QED) is 0.346. The van der Waals surface area contributed by atoms with Crippen molar-refractivity contribution < 1.29 is 9.72 Å². The van der Waals surface area contributed by atoms with Gasteiger partial charge < -0.3 is 0 Å². The van der Waals surface area contributed by atoms with Gasteiger partial charge in [-0.25, -0.2) is 0 Å². The third kappa shape index (κ3) is 4.31. The van der Waals surface area contributed by atoms with Gasteiger partial charge in [-0.1, -0.05) is 0 Å². The molecule has 0 spiro atoms. The average Bonchev–Trinajstić information content (AvgIpc) is 2.18. The second-order valence-electron chi connectivity index (χ2n) is 2.70. The summed E-state index contributed by atoms with van der Waals surface area (Å²) in [7, 11) is 0. The van der Waals surface area contributed by atoms with Crippen LogP contribution in [0.3, 0.4) is 0 Å². The van der Waals surface area contributed by atoms with Gasteiger partial charge in [-0.3, -0.25) is 14.9 Å². The Morgan fingerprint density at radius 2 is 2.00 bits per heavy atom. The molecule has 0 heterocycles. The van der Waals surface area contributed by atoms with Crippen LogP contribution in [0.2, 0.25) is 0 Å². The van der Waals surface area contributed by atoms with Gasteiger partial charge in [-0.05, 0) is 23.7 Å². The van der Waals surface area contributed by atoms with Gasteiger partial charge in [0.2, 0.25) is 5.24 Å². The lowest BCUT2D eigenvalue weighted by Gasteiger charge is -1.98. The average molecular weight is 246 g/mol. The summed E-state index contributed by atoms with van der Waals surface area (Å²) >= 11 is 6.61. The maximum absolute atomic E-state index is 10.4. The Morgan fingerprint density at radius 1 is 1.40 bits per heavy atom. The molecule has 0 aliphatic rings. The standard InChI is InChI=1S/C9H8ClNO3S/c10-9(12)5-6-15-8-3-1-7(2-4-8)11(13)14/h1-4H,5-6H2. The smallest absolute Gasteiger partial charge is 0.269 e. The number of hydrogen-bond donors (Lipinski definition) is 0. The van der Waals surface area contributed by atoms with Crippen molar-refractivity contribution >= 4 is 34.3 Å². The highest BCUT2D eigenvalue weighted by Crippen LogP contribution is 2.21. The molecule has 0 saturated carbocycles. The van der Waals surface area contributed by atoms with Gasteiger partial charge in [0.25, 0.3) is 5.69 Å². The molecule has 0 aromatic heterocycles. The molecule has 0 bridgehead atoms. The van der Waals surface area contributed by atoms with Crippen molar-refractivity contribution in [1.82, 2.24) is 0 Å². The van der Waals surface area contributed by atoms with Crippen molar-refractivity contribution in [2.45, 2.75) is 11.3 Å². The van der Waals surface area contributed by atoms with Crippen molar-refractivity contribution in [3.05, 3.63) is 34.4 Å². The zero-order chi connectivity index (χ0) is 11.3. The van der Waals surface area contributed by atoms with Crippen LogP contribution in [0.15, 0.2) is 29.2 Å². The molecular weight excluding hydrogens is 238 g/mol. The molecule has 0 fully saturated rings. The molecule has 6 heteroatoms. The molecule has 0 radical (unpaired) electrons. The normalized spacial score (nSPS) is 9.93. The number of non-ortho nitro benzene ring substituents is 1. The first-order valence-corrected chi connectivity index (χ1v) is 5.51. The molecule has 1 aromatic rings. The van der Waals surface area contributed by atoms with Gasteiger partial charge in [0.05, 0.1) is 4.92 Å². The van der Waals surface area contributed by atoms with E-state index in [0.29, 0.717) is 12.2 Å². The number of nitrogens with zero attached hydrogens (tertiary/aromatic N) is 1. The third-order valence-corrected chi connectivity index (χ3v) is 2.82. The predicted octanol–water partition coefficient (Wildman–Crippen LogP) is 2.84. The minimum absolute atomic E-state index is 0.0627. The van der Waals surface area contributed by atoms with Gasteiger partial charge in [-0.15, -0.1) is 11.8 Å². The van der Waals surface area contributed by atoms with Crippen LogP contribution in [0.4, 0.5) is 5.69 Å². The first-order valence-electron chi connectivity index (χ1n) is 4.15. The number of benzene rings is 1. The fraction of sp³-hybridized carbons (Fsp3) is 0.222. The van der Waals surface area contributed by atoms with Crippen LogP contribution in [0, 0.1) is 10.1 Å². The van der Waals surface area contributed by atoms with E-state index in [1.807, 2.05) is 0 Å². The van der Waals surface area contributed by atoms with Crippen molar-refractivity contribution in [2.75, 3.05) is 5.75 Å². The number of carbonyl (C=O) groups is 1. The lowest BCUT2D eigenvalue weighted by molar-refractivity contribution is -0.384. The fourth-order valence-electron chi connectivity index (χ4n) is 0.913. The summed E-state index contributed by atoms with van der Waals surface area (Å²) in [5.41, 5.74) is 0.0627. The van der Waals surface area contributed by atoms with Crippen molar-refractivity contribution in [3.63, 3.8) is 0 Å². The fourth-order valence-corrected chi connectivity index (χ4v) is 1.97. The van der Waals surface area contributed by atoms with E-state index in [1.165, 1.54) is 23.9 Å². The van der Waals surface area contributed by atoms with Crippen LogP contribution in [-0.4, -0.2) is 15.9 Å². The summed E-state index contributed by atoms with van der Waals surface area (Å²) in [6.07, 6.45) is 0.295. The maximum atomic E-state index is 10.4. The second-order valence-corrected chi connectivity index (χ2v) is 4.29. The lowest BCUT2D eigenvalue weighted by atomic mass is 10.3. The highest BCUT2D eigenvalue weighted by Gasteiger charge is 2.04. The molecule has 80 valence electrons. The number of rotatable bonds is 5. The molecule has 0 saturated heterocycles. The Balaban J connectivity index is 2.50. The highest BCUT2D eigenvalue weighted by atomic mass is 35.5. The van der Waals surface area contributed by atoms with E-state index in [0.717, 1.165) is 4.90 Å².